The molecule has 20 heavy (non-hydrogen) atoms. The molecule has 110 valence electrons. The van der Waals surface area contributed by atoms with Crippen molar-refractivity contribution in [1.82, 2.24) is 9.55 Å². The van der Waals surface area contributed by atoms with Crippen molar-refractivity contribution in [2.24, 2.45) is 0 Å². The van der Waals surface area contributed by atoms with Crippen LogP contribution < -0.4 is 0 Å². The maximum Gasteiger partial charge on any atom is 0.149 e. The van der Waals surface area contributed by atoms with Gasteiger partial charge in [-0.3, -0.25) is 0 Å². The Hall–Kier alpha value is -0.850. The SMILES string of the molecule is CC(Cl)c1nc2cc(F)c(Cl)cc2n1CCS(C)(=O)=O. The monoisotopic (exact) mass is 338 g/mol. The third-order valence-electron chi connectivity index (χ3n) is 2.86. The lowest BCUT2D eigenvalue weighted by atomic mass is 10.3. The van der Waals surface area contributed by atoms with Gasteiger partial charge in [0.1, 0.15) is 21.5 Å². The van der Waals surface area contributed by atoms with E-state index in [1.165, 1.54) is 12.1 Å². The predicted octanol–water partition coefficient (Wildman–Crippen LogP) is 3.17. The number of hydrogen-bond acceptors (Lipinski definition) is 3. The number of nitrogens with zero attached hydrogens (tertiary/aromatic N) is 2. The summed E-state index contributed by atoms with van der Waals surface area (Å²) in [7, 11) is -3.13. The highest BCUT2D eigenvalue weighted by Gasteiger charge is 2.18. The fourth-order valence-electron chi connectivity index (χ4n) is 1.93. The van der Waals surface area contributed by atoms with Crippen LogP contribution in [-0.2, 0) is 16.4 Å². The zero-order valence-electron chi connectivity index (χ0n) is 10.9. The average Bonchev–Trinajstić information content (AvgIpc) is 2.64. The Morgan fingerprint density at radius 1 is 1.45 bits per heavy atom. The molecule has 0 amide bonds. The van der Waals surface area contributed by atoms with Crippen LogP contribution in [0, 0.1) is 5.82 Å². The van der Waals surface area contributed by atoms with E-state index in [9.17, 15) is 12.8 Å². The third kappa shape index (κ3) is 3.24. The molecule has 0 N–H and O–H groups in total. The molecule has 2 aromatic rings. The van der Waals surface area contributed by atoms with E-state index < -0.39 is 21.0 Å². The van der Waals surface area contributed by atoms with Gasteiger partial charge in [-0.05, 0) is 13.0 Å². The number of alkyl halides is 1. The third-order valence-corrected chi connectivity index (χ3v) is 4.27. The first-order chi connectivity index (χ1) is 9.19. The van der Waals surface area contributed by atoms with Crippen molar-refractivity contribution in [2.75, 3.05) is 12.0 Å². The van der Waals surface area contributed by atoms with E-state index in [0.29, 0.717) is 16.9 Å². The van der Waals surface area contributed by atoms with E-state index in [2.05, 4.69) is 4.98 Å². The van der Waals surface area contributed by atoms with E-state index in [1.54, 1.807) is 11.5 Å². The molecule has 2 rings (SSSR count). The number of sulfone groups is 1. The largest absolute Gasteiger partial charge is 0.326 e. The number of benzene rings is 1. The smallest absolute Gasteiger partial charge is 0.149 e. The molecule has 0 saturated heterocycles. The van der Waals surface area contributed by atoms with Crippen molar-refractivity contribution >= 4 is 44.1 Å². The molecule has 0 bridgehead atoms. The molecule has 0 aliphatic heterocycles. The molecule has 0 fully saturated rings. The van der Waals surface area contributed by atoms with Gasteiger partial charge in [-0.1, -0.05) is 11.6 Å². The number of aromatic nitrogens is 2. The first-order valence-corrected chi connectivity index (χ1v) is 8.73. The normalized spacial score (nSPS) is 13.8. The fourth-order valence-corrected chi connectivity index (χ4v) is 2.77. The highest BCUT2D eigenvalue weighted by molar-refractivity contribution is 7.90. The van der Waals surface area contributed by atoms with Crippen molar-refractivity contribution in [2.45, 2.75) is 18.8 Å². The molecule has 1 atom stereocenters. The second-order valence-corrected chi connectivity index (χ2v) is 7.94. The standard InChI is InChI=1S/C12H13Cl2FN2O2S/c1-7(13)12-16-10-6-9(15)8(14)5-11(10)17(12)3-4-20(2,18)19/h5-7H,3-4H2,1-2H3. The van der Waals surface area contributed by atoms with Crippen molar-refractivity contribution in [1.29, 1.82) is 0 Å². The topological polar surface area (TPSA) is 52.0 Å². The van der Waals surface area contributed by atoms with Crippen LogP contribution in [0.5, 0.6) is 0 Å². The highest BCUT2D eigenvalue weighted by atomic mass is 35.5. The lowest BCUT2D eigenvalue weighted by Gasteiger charge is -2.09. The zero-order chi connectivity index (χ0) is 15.1. The van der Waals surface area contributed by atoms with Gasteiger partial charge in [0.05, 0.1) is 27.2 Å². The van der Waals surface area contributed by atoms with Gasteiger partial charge in [0.2, 0.25) is 0 Å². The van der Waals surface area contributed by atoms with Gasteiger partial charge in [0.15, 0.2) is 0 Å². The summed E-state index contributed by atoms with van der Waals surface area (Å²) in [5.41, 5.74) is 0.977. The molecular weight excluding hydrogens is 326 g/mol. The highest BCUT2D eigenvalue weighted by Crippen LogP contribution is 2.28. The minimum Gasteiger partial charge on any atom is -0.326 e. The van der Waals surface area contributed by atoms with Crippen LogP contribution in [0.3, 0.4) is 0 Å². The molecule has 1 unspecified atom stereocenters. The van der Waals surface area contributed by atoms with Crippen LogP contribution in [0.25, 0.3) is 11.0 Å². The van der Waals surface area contributed by atoms with E-state index in [-0.39, 0.29) is 17.3 Å². The Kier molecular flexibility index (Phi) is 4.27. The summed E-state index contributed by atoms with van der Waals surface area (Å²) < 4.78 is 37.7. The number of hydrogen-bond donors (Lipinski definition) is 0. The lowest BCUT2D eigenvalue weighted by molar-refractivity contribution is 0.593. The molecule has 0 saturated carbocycles. The summed E-state index contributed by atoms with van der Waals surface area (Å²) in [4.78, 5) is 4.25. The van der Waals surface area contributed by atoms with Gasteiger partial charge in [-0.25, -0.2) is 17.8 Å². The van der Waals surface area contributed by atoms with E-state index in [0.717, 1.165) is 6.26 Å². The summed E-state index contributed by atoms with van der Waals surface area (Å²) in [5.74, 6) is -0.128. The predicted molar refractivity (Wildman–Crippen MR) is 78.7 cm³/mol. The van der Waals surface area contributed by atoms with E-state index in [1.807, 2.05) is 0 Å². The van der Waals surface area contributed by atoms with Crippen LogP contribution in [0.4, 0.5) is 4.39 Å². The number of imidazole rings is 1. The second kappa shape index (κ2) is 5.50. The minimum atomic E-state index is -3.13. The van der Waals surface area contributed by atoms with Gasteiger partial charge < -0.3 is 4.57 Å². The summed E-state index contributed by atoms with van der Waals surface area (Å²) >= 11 is 11.8. The molecule has 0 radical (unpaired) electrons. The molecule has 1 aromatic carbocycles. The molecule has 1 heterocycles. The van der Waals surface area contributed by atoms with Crippen LogP contribution in [0.15, 0.2) is 12.1 Å². The van der Waals surface area contributed by atoms with Crippen molar-refractivity contribution in [3.05, 3.63) is 28.8 Å². The average molecular weight is 339 g/mol. The first kappa shape index (κ1) is 15.5. The molecule has 0 aliphatic carbocycles. The minimum absolute atomic E-state index is 0.0354. The molecule has 1 aromatic heterocycles. The summed E-state index contributed by atoms with van der Waals surface area (Å²) in [6.45, 7) is 1.92. The van der Waals surface area contributed by atoms with Crippen molar-refractivity contribution < 1.29 is 12.8 Å². The number of halogens is 3. The van der Waals surface area contributed by atoms with Gasteiger partial charge in [-0.15, -0.1) is 11.6 Å². The molecule has 4 nitrogen and oxygen atoms in total. The van der Waals surface area contributed by atoms with Gasteiger partial charge in [0.25, 0.3) is 0 Å². The van der Waals surface area contributed by atoms with Crippen molar-refractivity contribution in [3.8, 4) is 0 Å². The maximum atomic E-state index is 13.5. The number of rotatable bonds is 4. The molecule has 8 heteroatoms. The van der Waals surface area contributed by atoms with Crippen LogP contribution >= 0.6 is 23.2 Å². The van der Waals surface area contributed by atoms with Gasteiger partial charge in [0, 0.05) is 18.9 Å². The van der Waals surface area contributed by atoms with Gasteiger partial charge >= 0.3 is 0 Å². The molecule has 0 aliphatic rings. The second-order valence-electron chi connectivity index (χ2n) is 4.62. The maximum absolute atomic E-state index is 13.5. The Balaban J connectivity index is 2.59. The van der Waals surface area contributed by atoms with Crippen LogP contribution in [0.2, 0.25) is 5.02 Å². The quantitative estimate of drug-likeness (QED) is 0.804. The molecule has 0 spiro atoms. The van der Waals surface area contributed by atoms with Gasteiger partial charge in [-0.2, -0.15) is 0 Å². The fraction of sp³-hybridized carbons (Fsp3) is 0.417. The summed E-state index contributed by atoms with van der Waals surface area (Å²) in [5, 5.41) is -0.462. The number of aryl methyl sites for hydroxylation is 1. The Labute approximate surface area is 126 Å². The first-order valence-electron chi connectivity index (χ1n) is 5.86. The lowest BCUT2D eigenvalue weighted by Crippen LogP contribution is -2.13. The Bertz CT molecular complexity index is 756. The van der Waals surface area contributed by atoms with Crippen LogP contribution in [-0.4, -0.2) is 30.0 Å². The summed E-state index contributed by atoms with van der Waals surface area (Å²) in [6.07, 6.45) is 1.16. The Morgan fingerprint density at radius 3 is 2.65 bits per heavy atom. The Morgan fingerprint density at radius 2 is 2.10 bits per heavy atom. The van der Waals surface area contributed by atoms with E-state index >= 15 is 0 Å². The number of fused-ring (bicyclic) bond motifs is 1. The van der Waals surface area contributed by atoms with E-state index in [4.69, 9.17) is 23.2 Å². The summed E-state index contributed by atoms with van der Waals surface area (Å²) in [6, 6.07) is 2.65. The zero-order valence-corrected chi connectivity index (χ0v) is 13.2. The molecular formula is C12H13Cl2FN2O2S. The van der Waals surface area contributed by atoms with Crippen molar-refractivity contribution in [3.63, 3.8) is 0 Å². The van der Waals surface area contributed by atoms with Crippen LogP contribution in [0.1, 0.15) is 18.1 Å².